The van der Waals surface area contributed by atoms with Crippen molar-refractivity contribution in [3.05, 3.63) is 29.8 Å². The van der Waals surface area contributed by atoms with Crippen LogP contribution in [-0.4, -0.2) is 70.0 Å². The summed E-state index contributed by atoms with van der Waals surface area (Å²) in [6, 6.07) is 8.77. The second-order valence-corrected chi connectivity index (χ2v) is 7.02. The minimum atomic E-state index is 0.0248. The maximum atomic E-state index is 12.6. The highest BCUT2D eigenvalue weighted by atomic mass is 16.5. The molecule has 0 saturated carbocycles. The molecule has 6 heteroatoms. The molecule has 0 aromatic heterocycles. The van der Waals surface area contributed by atoms with Gasteiger partial charge >= 0.3 is 0 Å². The molecule has 1 amide bonds. The SMILES string of the molecule is COCC(=O)N1CCCN(C2CCOCC2)CCNCc2ccccc21. The zero-order valence-corrected chi connectivity index (χ0v) is 15.8. The number of hydrogen-bond donors (Lipinski definition) is 1. The lowest BCUT2D eigenvalue weighted by molar-refractivity contribution is -0.122. The van der Waals surface area contributed by atoms with Crippen molar-refractivity contribution in [3.63, 3.8) is 0 Å². The van der Waals surface area contributed by atoms with E-state index in [9.17, 15) is 4.79 Å². The first-order valence-electron chi connectivity index (χ1n) is 9.69. The van der Waals surface area contributed by atoms with Crippen LogP contribution >= 0.6 is 0 Å². The van der Waals surface area contributed by atoms with Gasteiger partial charge in [-0.3, -0.25) is 9.69 Å². The van der Waals surface area contributed by atoms with Gasteiger partial charge in [0.25, 0.3) is 5.91 Å². The summed E-state index contributed by atoms with van der Waals surface area (Å²) in [4.78, 5) is 17.1. The third kappa shape index (κ3) is 5.04. The van der Waals surface area contributed by atoms with Crippen molar-refractivity contribution in [2.45, 2.75) is 31.8 Å². The maximum Gasteiger partial charge on any atom is 0.252 e. The van der Waals surface area contributed by atoms with Gasteiger partial charge in [0.1, 0.15) is 6.61 Å². The number of para-hydroxylation sites is 1. The smallest absolute Gasteiger partial charge is 0.252 e. The Kier molecular flexibility index (Phi) is 7.43. The highest BCUT2D eigenvalue weighted by Gasteiger charge is 2.23. The summed E-state index contributed by atoms with van der Waals surface area (Å²) >= 11 is 0. The lowest BCUT2D eigenvalue weighted by Gasteiger charge is -2.34. The van der Waals surface area contributed by atoms with Crippen molar-refractivity contribution < 1.29 is 14.3 Å². The Morgan fingerprint density at radius 1 is 1.23 bits per heavy atom. The summed E-state index contributed by atoms with van der Waals surface area (Å²) < 4.78 is 10.6. The molecule has 0 spiro atoms. The van der Waals surface area contributed by atoms with Gasteiger partial charge in [0, 0.05) is 64.8 Å². The lowest BCUT2D eigenvalue weighted by atomic mass is 10.1. The lowest BCUT2D eigenvalue weighted by Crippen LogP contribution is -2.44. The number of benzene rings is 1. The number of carbonyl (C=O) groups excluding carboxylic acids is 1. The van der Waals surface area contributed by atoms with E-state index in [1.54, 1.807) is 7.11 Å². The van der Waals surface area contributed by atoms with Crippen LogP contribution in [0.1, 0.15) is 24.8 Å². The molecule has 1 aromatic carbocycles. The highest BCUT2D eigenvalue weighted by molar-refractivity contribution is 5.95. The van der Waals surface area contributed by atoms with Gasteiger partial charge in [-0.15, -0.1) is 0 Å². The fraction of sp³-hybridized carbons (Fsp3) is 0.650. The maximum absolute atomic E-state index is 12.6. The number of amides is 1. The molecule has 2 heterocycles. The number of hydrogen-bond acceptors (Lipinski definition) is 5. The van der Waals surface area contributed by atoms with Crippen LogP contribution in [0.2, 0.25) is 0 Å². The van der Waals surface area contributed by atoms with Crippen LogP contribution in [0, 0.1) is 0 Å². The molecular weight excluding hydrogens is 330 g/mol. The summed E-state index contributed by atoms with van der Waals surface area (Å²) in [5.74, 6) is 0.0248. The zero-order chi connectivity index (χ0) is 18.2. The van der Waals surface area contributed by atoms with Crippen molar-refractivity contribution in [1.82, 2.24) is 10.2 Å². The van der Waals surface area contributed by atoms with Crippen molar-refractivity contribution in [3.8, 4) is 0 Å². The Bertz CT molecular complexity index is 575. The van der Waals surface area contributed by atoms with Gasteiger partial charge in [-0.2, -0.15) is 0 Å². The van der Waals surface area contributed by atoms with Crippen LogP contribution in [0.3, 0.4) is 0 Å². The minimum absolute atomic E-state index is 0.0248. The first-order chi connectivity index (χ1) is 12.8. The average molecular weight is 361 g/mol. The molecule has 144 valence electrons. The third-order valence-corrected chi connectivity index (χ3v) is 5.28. The molecule has 1 aromatic rings. The molecule has 6 nitrogen and oxygen atoms in total. The third-order valence-electron chi connectivity index (χ3n) is 5.28. The quantitative estimate of drug-likeness (QED) is 0.887. The molecular formula is C20H31N3O3. The van der Waals surface area contributed by atoms with Crippen LogP contribution in [0.4, 0.5) is 5.69 Å². The Morgan fingerprint density at radius 2 is 2.04 bits per heavy atom. The first kappa shape index (κ1) is 19.3. The van der Waals surface area contributed by atoms with E-state index in [2.05, 4.69) is 16.3 Å². The normalized spacial score (nSPS) is 21.0. The second kappa shape index (κ2) is 10.0. The van der Waals surface area contributed by atoms with E-state index in [1.165, 1.54) is 0 Å². The molecule has 0 atom stereocenters. The Hall–Kier alpha value is -1.47. The number of carbonyl (C=O) groups is 1. The second-order valence-electron chi connectivity index (χ2n) is 7.02. The number of rotatable bonds is 3. The molecule has 0 radical (unpaired) electrons. The fourth-order valence-electron chi connectivity index (χ4n) is 3.91. The predicted molar refractivity (Wildman–Crippen MR) is 102 cm³/mol. The van der Waals surface area contributed by atoms with Gasteiger partial charge in [0.05, 0.1) is 0 Å². The molecule has 2 aliphatic rings. The first-order valence-corrected chi connectivity index (χ1v) is 9.69. The highest BCUT2D eigenvalue weighted by Crippen LogP contribution is 2.22. The summed E-state index contributed by atoms with van der Waals surface area (Å²) in [6.45, 7) is 6.33. The van der Waals surface area contributed by atoms with Crippen molar-refractivity contribution in [2.75, 3.05) is 58.0 Å². The molecule has 3 rings (SSSR count). The minimum Gasteiger partial charge on any atom is -0.381 e. The number of fused-ring (bicyclic) bond motifs is 1. The summed E-state index contributed by atoms with van der Waals surface area (Å²) in [5.41, 5.74) is 2.16. The van der Waals surface area contributed by atoms with Crippen LogP contribution < -0.4 is 10.2 Å². The van der Waals surface area contributed by atoms with E-state index in [4.69, 9.17) is 9.47 Å². The molecule has 26 heavy (non-hydrogen) atoms. The van der Waals surface area contributed by atoms with Gasteiger partial charge in [-0.05, 0) is 30.9 Å². The Morgan fingerprint density at radius 3 is 2.85 bits per heavy atom. The summed E-state index contributed by atoms with van der Waals surface area (Å²) in [7, 11) is 1.57. The number of nitrogens with zero attached hydrogens (tertiary/aromatic N) is 2. The zero-order valence-electron chi connectivity index (χ0n) is 15.8. The Balaban J connectivity index is 1.74. The average Bonchev–Trinajstić information content (AvgIpc) is 2.72. The molecule has 0 aliphatic carbocycles. The monoisotopic (exact) mass is 361 g/mol. The fourth-order valence-corrected chi connectivity index (χ4v) is 3.91. The summed E-state index contributed by atoms with van der Waals surface area (Å²) in [6.07, 6.45) is 3.17. The van der Waals surface area contributed by atoms with E-state index in [0.29, 0.717) is 6.04 Å². The van der Waals surface area contributed by atoms with Gasteiger partial charge in [-0.1, -0.05) is 18.2 Å². The predicted octanol–water partition coefficient (Wildman–Crippen LogP) is 1.64. The van der Waals surface area contributed by atoms with Crippen LogP contribution in [0.15, 0.2) is 24.3 Å². The van der Waals surface area contributed by atoms with Crippen LogP contribution in [-0.2, 0) is 20.8 Å². The van der Waals surface area contributed by atoms with E-state index in [-0.39, 0.29) is 12.5 Å². The Labute approximate surface area is 156 Å². The topological polar surface area (TPSA) is 54.0 Å². The van der Waals surface area contributed by atoms with Gasteiger partial charge in [-0.25, -0.2) is 0 Å². The van der Waals surface area contributed by atoms with E-state index >= 15 is 0 Å². The van der Waals surface area contributed by atoms with Gasteiger partial charge in [0.15, 0.2) is 0 Å². The number of methoxy groups -OCH3 is 1. The van der Waals surface area contributed by atoms with E-state index in [0.717, 1.165) is 76.5 Å². The largest absolute Gasteiger partial charge is 0.381 e. The van der Waals surface area contributed by atoms with E-state index < -0.39 is 0 Å². The molecule has 1 fully saturated rings. The molecule has 2 aliphatic heterocycles. The number of nitrogens with one attached hydrogen (secondary N) is 1. The van der Waals surface area contributed by atoms with Crippen molar-refractivity contribution >= 4 is 11.6 Å². The number of anilines is 1. The van der Waals surface area contributed by atoms with Crippen LogP contribution in [0.25, 0.3) is 0 Å². The number of ether oxygens (including phenoxy) is 2. The van der Waals surface area contributed by atoms with Gasteiger partial charge < -0.3 is 19.7 Å². The van der Waals surface area contributed by atoms with Crippen molar-refractivity contribution in [1.29, 1.82) is 0 Å². The van der Waals surface area contributed by atoms with Crippen LogP contribution in [0.5, 0.6) is 0 Å². The van der Waals surface area contributed by atoms with E-state index in [1.807, 2.05) is 23.1 Å². The molecule has 1 N–H and O–H groups in total. The van der Waals surface area contributed by atoms with Gasteiger partial charge in [0.2, 0.25) is 0 Å². The molecule has 0 unspecified atom stereocenters. The molecule has 0 bridgehead atoms. The molecule has 1 saturated heterocycles. The van der Waals surface area contributed by atoms with Crippen molar-refractivity contribution in [2.24, 2.45) is 0 Å². The summed E-state index contributed by atoms with van der Waals surface area (Å²) in [5, 5.41) is 3.56. The standard InChI is InChI=1S/C20H31N3O3/c1-25-16-20(24)23-11-4-10-22(18-7-13-26-14-8-18)12-9-21-15-17-5-2-3-6-19(17)23/h2-3,5-6,18,21H,4,7-16H2,1H3.